The van der Waals surface area contributed by atoms with Crippen LogP contribution in [0.4, 0.5) is 5.69 Å². The highest BCUT2D eigenvalue weighted by Crippen LogP contribution is 2.27. The average Bonchev–Trinajstić information content (AvgIpc) is 2.49. The smallest absolute Gasteiger partial charge is 0.246 e. The molecule has 0 radical (unpaired) electrons. The number of benzene rings is 1. The fraction of sp³-hybridized carbons (Fsp3) is 0.533. The molecule has 1 amide bonds. The summed E-state index contributed by atoms with van der Waals surface area (Å²) in [5, 5.41) is 0.460. The van der Waals surface area contributed by atoms with Crippen molar-refractivity contribution in [2.24, 2.45) is 0 Å². The van der Waals surface area contributed by atoms with Gasteiger partial charge >= 0.3 is 0 Å². The molecule has 1 unspecified atom stereocenters. The SMILES string of the molecule is Cc1ccc(N(C(C)C(=O)N2CCOCC2)S(C)(=O)=O)cc1Cl. The highest BCUT2D eigenvalue weighted by molar-refractivity contribution is 7.92. The van der Waals surface area contributed by atoms with Crippen molar-refractivity contribution in [2.45, 2.75) is 19.9 Å². The highest BCUT2D eigenvalue weighted by atomic mass is 35.5. The third-order valence-corrected chi connectivity index (χ3v) is 5.45. The molecule has 8 heteroatoms. The van der Waals surface area contributed by atoms with Crippen molar-refractivity contribution in [1.29, 1.82) is 0 Å². The van der Waals surface area contributed by atoms with Gasteiger partial charge in [-0.3, -0.25) is 9.10 Å². The molecule has 0 aromatic heterocycles. The first-order valence-corrected chi connectivity index (χ1v) is 9.56. The van der Waals surface area contributed by atoms with Crippen molar-refractivity contribution in [2.75, 3.05) is 36.9 Å². The zero-order chi connectivity index (χ0) is 17.2. The van der Waals surface area contributed by atoms with Crippen molar-refractivity contribution >= 4 is 33.2 Å². The van der Waals surface area contributed by atoms with Gasteiger partial charge in [-0.1, -0.05) is 17.7 Å². The lowest BCUT2D eigenvalue weighted by Gasteiger charge is -2.34. The molecule has 1 saturated heterocycles. The van der Waals surface area contributed by atoms with Crippen LogP contribution >= 0.6 is 11.6 Å². The summed E-state index contributed by atoms with van der Waals surface area (Å²) in [6.45, 7) is 5.29. The second-order valence-corrected chi connectivity index (χ2v) is 7.87. The van der Waals surface area contributed by atoms with Gasteiger partial charge in [0.05, 0.1) is 25.2 Å². The third kappa shape index (κ3) is 4.16. The zero-order valence-corrected chi connectivity index (χ0v) is 15.0. The average molecular weight is 361 g/mol. The summed E-state index contributed by atoms with van der Waals surface area (Å²) in [6.07, 6.45) is 1.09. The van der Waals surface area contributed by atoms with E-state index in [0.29, 0.717) is 37.0 Å². The lowest BCUT2D eigenvalue weighted by molar-refractivity contribution is -0.136. The Bertz CT molecular complexity index is 687. The van der Waals surface area contributed by atoms with Crippen LogP contribution in [-0.4, -0.2) is 57.8 Å². The van der Waals surface area contributed by atoms with Gasteiger partial charge in [-0.15, -0.1) is 0 Å². The molecule has 0 N–H and O–H groups in total. The number of amides is 1. The molecule has 128 valence electrons. The maximum absolute atomic E-state index is 12.6. The van der Waals surface area contributed by atoms with Crippen LogP contribution in [0.2, 0.25) is 5.02 Å². The minimum Gasteiger partial charge on any atom is -0.378 e. The number of rotatable bonds is 4. The number of hydrogen-bond acceptors (Lipinski definition) is 4. The second-order valence-electron chi connectivity index (χ2n) is 5.61. The summed E-state index contributed by atoms with van der Waals surface area (Å²) in [6, 6.07) is 4.12. The van der Waals surface area contributed by atoms with Crippen LogP contribution in [0.1, 0.15) is 12.5 Å². The predicted octanol–water partition coefficient (Wildman–Crippen LogP) is 1.66. The van der Waals surface area contributed by atoms with E-state index in [1.54, 1.807) is 30.0 Å². The number of aryl methyl sites for hydroxylation is 1. The monoisotopic (exact) mass is 360 g/mol. The van der Waals surface area contributed by atoms with Crippen LogP contribution in [0.5, 0.6) is 0 Å². The lowest BCUT2D eigenvalue weighted by Crippen LogP contribution is -2.52. The lowest BCUT2D eigenvalue weighted by atomic mass is 10.2. The largest absolute Gasteiger partial charge is 0.378 e. The Kier molecular flexibility index (Phi) is 5.54. The van der Waals surface area contributed by atoms with E-state index in [0.717, 1.165) is 16.1 Å². The fourth-order valence-electron chi connectivity index (χ4n) is 2.57. The summed E-state index contributed by atoms with van der Waals surface area (Å²) < 4.78 is 30.8. The maximum atomic E-state index is 12.6. The van der Waals surface area contributed by atoms with E-state index >= 15 is 0 Å². The summed E-state index contributed by atoms with van der Waals surface area (Å²) in [4.78, 5) is 14.3. The van der Waals surface area contributed by atoms with Crippen LogP contribution in [0, 0.1) is 6.92 Å². The number of carbonyl (C=O) groups excluding carboxylic acids is 1. The predicted molar refractivity (Wildman–Crippen MR) is 90.4 cm³/mol. The van der Waals surface area contributed by atoms with Gasteiger partial charge in [0.2, 0.25) is 15.9 Å². The van der Waals surface area contributed by atoms with E-state index in [-0.39, 0.29) is 5.91 Å². The Balaban J connectivity index is 2.34. The van der Waals surface area contributed by atoms with Crippen LogP contribution in [-0.2, 0) is 19.6 Å². The van der Waals surface area contributed by atoms with E-state index < -0.39 is 16.1 Å². The molecule has 0 aliphatic carbocycles. The molecule has 1 aromatic rings. The van der Waals surface area contributed by atoms with Gasteiger partial charge in [0.1, 0.15) is 6.04 Å². The molecular formula is C15H21ClN2O4S. The first kappa shape index (κ1) is 18.0. The van der Waals surface area contributed by atoms with Gasteiger partial charge in [0.15, 0.2) is 0 Å². The Labute approximate surface area is 142 Å². The molecule has 1 heterocycles. The summed E-state index contributed by atoms with van der Waals surface area (Å²) >= 11 is 6.11. The Morgan fingerprint density at radius 1 is 1.35 bits per heavy atom. The molecule has 0 spiro atoms. The number of halogens is 1. The number of ether oxygens (including phenoxy) is 1. The summed E-state index contributed by atoms with van der Waals surface area (Å²) in [7, 11) is -3.63. The molecule has 1 fully saturated rings. The van der Waals surface area contributed by atoms with Crippen LogP contribution in [0.25, 0.3) is 0 Å². The van der Waals surface area contributed by atoms with Crippen LogP contribution < -0.4 is 4.31 Å². The van der Waals surface area contributed by atoms with E-state index in [9.17, 15) is 13.2 Å². The molecule has 1 aliphatic heterocycles. The van der Waals surface area contributed by atoms with E-state index in [1.165, 1.54) is 0 Å². The zero-order valence-electron chi connectivity index (χ0n) is 13.5. The third-order valence-electron chi connectivity index (χ3n) is 3.80. The minimum atomic E-state index is -3.63. The van der Waals surface area contributed by atoms with Crippen LogP contribution in [0.3, 0.4) is 0 Å². The molecule has 0 bridgehead atoms. The maximum Gasteiger partial charge on any atom is 0.246 e. The van der Waals surface area contributed by atoms with Gasteiger partial charge in [0, 0.05) is 18.1 Å². The van der Waals surface area contributed by atoms with Crippen molar-refractivity contribution < 1.29 is 17.9 Å². The van der Waals surface area contributed by atoms with Gasteiger partial charge in [-0.25, -0.2) is 8.42 Å². The molecule has 23 heavy (non-hydrogen) atoms. The fourth-order valence-corrected chi connectivity index (χ4v) is 3.91. The second kappa shape index (κ2) is 7.07. The highest BCUT2D eigenvalue weighted by Gasteiger charge is 2.32. The number of morpholine rings is 1. The minimum absolute atomic E-state index is 0.240. The summed E-state index contributed by atoms with van der Waals surface area (Å²) in [5.74, 6) is -0.240. The Hall–Kier alpha value is -1.31. The normalized spacial score (nSPS) is 17.0. The molecule has 2 rings (SSSR count). The number of anilines is 1. The Morgan fingerprint density at radius 3 is 2.48 bits per heavy atom. The van der Waals surface area contributed by atoms with Gasteiger partial charge in [0.25, 0.3) is 0 Å². The Morgan fingerprint density at radius 2 is 1.96 bits per heavy atom. The topological polar surface area (TPSA) is 66.9 Å². The van der Waals surface area contributed by atoms with E-state index in [2.05, 4.69) is 0 Å². The number of hydrogen-bond donors (Lipinski definition) is 0. The standard InChI is InChI=1S/C15H21ClN2O4S/c1-11-4-5-13(10-14(11)16)18(23(3,20)21)12(2)15(19)17-6-8-22-9-7-17/h4-5,10,12H,6-9H2,1-3H3. The molecule has 1 atom stereocenters. The van der Waals surface area contributed by atoms with Crippen molar-refractivity contribution in [1.82, 2.24) is 4.90 Å². The van der Waals surface area contributed by atoms with Gasteiger partial charge in [-0.2, -0.15) is 0 Å². The number of carbonyl (C=O) groups is 1. The van der Waals surface area contributed by atoms with Crippen molar-refractivity contribution in [3.05, 3.63) is 28.8 Å². The first-order chi connectivity index (χ1) is 10.7. The van der Waals surface area contributed by atoms with Gasteiger partial charge < -0.3 is 9.64 Å². The number of nitrogens with zero attached hydrogens (tertiary/aromatic N) is 2. The van der Waals surface area contributed by atoms with Gasteiger partial charge in [-0.05, 0) is 31.5 Å². The molecular weight excluding hydrogens is 340 g/mol. The van der Waals surface area contributed by atoms with E-state index in [1.807, 2.05) is 6.92 Å². The first-order valence-electron chi connectivity index (χ1n) is 7.34. The number of sulfonamides is 1. The quantitative estimate of drug-likeness (QED) is 0.819. The van der Waals surface area contributed by atoms with E-state index in [4.69, 9.17) is 16.3 Å². The molecule has 0 saturated carbocycles. The summed E-state index contributed by atoms with van der Waals surface area (Å²) in [5.41, 5.74) is 1.23. The molecule has 6 nitrogen and oxygen atoms in total. The molecule has 1 aliphatic rings. The van der Waals surface area contributed by atoms with Crippen LogP contribution in [0.15, 0.2) is 18.2 Å². The van der Waals surface area contributed by atoms with Crippen molar-refractivity contribution in [3.63, 3.8) is 0 Å². The molecule has 1 aromatic carbocycles. The van der Waals surface area contributed by atoms with Crippen molar-refractivity contribution in [3.8, 4) is 0 Å².